The third-order valence-corrected chi connectivity index (χ3v) is 4.33. The molecule has 0 fully saturated rings. The number of oxazole rings is 1. The second-order valence-electron chi connectivity index (χ2n) is 4.82. The zero-order valence-electron chi connectivity index (χ0n) is 11.4. The largest absolute Gasteiger partial charge is 0.436 e. The van der Waals surface area contributed by atoms with Crippen molar-refractivity contribution in [2.75, 3.05) is 6.26 Å². The number of benzene rings is 2. The van der Waals surface area contributed by atoms with Gasteiger partial charge in [0.15, 0.2) is 15.4 Å². The lowest BCUT2D eigenvalue weighted by molar-refractivity contribution is 0.602. The van der Waals surface area contributed by atoms with Crippen LogP contribution in [0.25, 0.3) is 22.6 Å². The third kappa shape index (κ3) is 2.68. The van der Waals surface area contributed by atoms with Gasteiger partial charge in [-0.1, -0.05) is 12.1 Å². The summed E-state index contributed by atoms with van der Waals surface area (Å²) in [4.78, 5) is 4.58. The summed E-state index contributed by atoms with van der Waals surface area (Å²) in [5, 5.41) is 0. The molecule has 0 saturated heterocycles. The summed E-state index contributed by atoms with van der Waals surface area (Å²) in [5.41, 5.74) is 8.49. The van der Waals surface area contributed by atoms with Crippen LogP contribution in [0, 0.1) is 0 Å². The molecule has 3 rings (SSSR count). The number of rotatable bonds is 3. The van der Waals surface area contributed by atoms with Gasteiger partial charge in [0.05, 0.1) is 4.90 Å². The number of sulfone groups is 1. The topological polar surface area (TPSA) is 86.2 Å². The highest BCUT2D eigenvalue weighted by atomic mass is 32.2. The Labute approximate surface area is 122 Å². The van der Waals surface area contributed by atoms with Crippen molar-refractivity contribution in [3.8, 4) is 11.5 Å². The average molecular weight is 302 g/mol. The maximum absolute atomic E-state index is 11.6. The molecule has 0 aliphatic carbocycles. The van der Waals surface area contributed by atoms with Gasteiger partial charge in [-0.25, -0.2) is 13.4 Å². The Bertz CT molecular complexity index is 896. The molecule has 108 valence electrons. The lowest BCUT2D eigenvalue weighted by atomic mass is 10.1. The Kier molecular flexibility index (Phi) is 3.27. The number of nitrogens with two attached hydrogens (primary N) is 1. The molecule has 0 radical (unpaired) electrons. The van der Waals surface area contributed by atoms with E-state index in [1.54, 1.807) is 6.07 Å². The molecule has 5 nitrogen and oxygen atoms in total. The maximum Gasteiger partial charge on any atom is 0.227 e. The van der Waals surface area contributed by atoms with E-state index in [4.69, 9.17) is 10.2 Å². The van der Waals surface area contributed by atoms with E-state index in [1.165, 1.54) is 18.4 Å². The van der Waals surface area contributed by atoms with E-state index < -0.39 is 9.84 Å². The Morgan fingerprint density at radius 2 is 1.86 bits per heavy atom. The van der Waals surface area contributed by atoms with Crippen molar-refractivity contribution < 1.29 is 12.8 Å². The van der Waals surface area contributed by atoms with Crippen molar-refractivity contribution in [1.29, 1.82) is 0 Å². The van der Waals surface area contributed by atoms with Crippen LogP contribution in [0.15, 0.2) is 51.8 Å². The molecule has 6 heteroatoms. The normalized spacial score (nSPS) is 11.9. The van der Waals surface area contributed by atoms with E-state index in [2.05, 4.69) is 4.98 Å². The van der Waals surface area contributed by atoms with Gasteiger partial charge in [-0.2, -0.15) is 0 Å². The van der Waals surface area contributed by atoms with E-state index in [1.807, 2.05) is 24.3 Å². The quantitative estimate of drug-likeness (QED) is 0.802. The first-order valence-corrected chi connectivity index (χ1v) is 8.26. The molecular formula is C15H14N2O3S. The summed E-state index contributed by atoms with van der Waals surface area (Å²) >= 11 is 0. The molecule has 0 amide bonds. The molecule has 21 heavy (non-hydrogen) atoms. The lowest BCUT2D eigenvalue weighted by Gasteiger charge is -1.97. The smallest absolute Gasteiger partial charge is 0.227 e. The minimum absolute atomic E-state index is 0.230. The van der Waals surface area contributed by atoms with E-state index in [-0.39, 0.29) is 4.90 Å². The fourth-order valence-corrected chi connectivity index (χ4v) is 2.69. The summed E-state index contributed by atoms with van der Waals surface area (Å²) in [6, 6.07) is 12.2. The zero-order chi connectivity index (χ0) is 15.0. The summed E-state index contributed by atoms with van der Waals surface area (Å²) in [6.45, 7) is 0.478. The maximum atomic E-state index is 11.6. The SMILES string of the molecule is CS(=O)(=O)c1ccc2oc(-c3ccc(CN)cc3)nc2c1. The number of aromatic nitrogens is 1. The van der Waals surface area contributed by atoms with Crippen molar-refractivity contribution in [2.45, 2.75) is 11.4 Å². The fourth-order valence-electron chi connectivity index (χ4n) is 2.04. The van der Waals surface area contributed by atoms with Crippen LogP contribution in [0.1, 0.15) is 5.56 Å². The predicted molar refractivity (Wildman–Crippen MR) is 80.4 cm³/mol. The van der Waals surface area contributed by atoms with E-state index in [0.717, 1.165) is 11.1 Å². The molecule has 0 aliphatic rings. The van der Waals surface area contributed by atoms with Crippen LogP contribution in [0.3, 0.4) is 0 Å². The van der Waals surface area contributed by atoms with Gasteiger partial charge in [-0.05, 0) is 35.9 Å². The minimum Gasteiger partial charge on any atom is -0.436 e. The van der Waals surface area contributed by atoms with Crippen molar-refractivity contribution in [1.82, 2.24) is 4.98 Å². The molecule has 1 heterocycles. The van der Waals surface area contributed by atoms with Crippen LogP contribution in [-0.4, -0.2) is 19.7 Å². The standard InChI is InChI=1S/C15H14N2O3S/c1-21(18,19)12-6-7-14-13(8-12)17-15(20-14)11-4-2-10(9-16)3-5-11/h2-8H,9,16H2,1H3. The van der Waals surface area contributed by atoms with Gasteiger partial charge < -0.3 is 10.2 Å². The lowest BCUT2D eigenvalue weighted by Crippen LogP contribution is -1.96. The van der Waals surface area contributed by atoms with Gasteiger partial charge in [0.25, 0.3) is 0 Å². The Morgan fingerprint density at radius 1 is 1.14 bits per heavy atom. The van der Waals surface area contributed by atoms with Gasteiger partial charge in [-0.15, -0.1) is 0 Å². The first kappa shape index (κ1) is 13.8. The molecule has 0 aliphatic heterocycles. The second-order valence-corrected chi connectivity index (χ2v) is 6.84. The monoisotopic (exact) mass is 302 g/mol. The molecule has 0 atom stereocenters. The first-order valence-electron chi connectivity index (χ1n) is 6.37. The molecule has 2 N–H and O–H groups in total. The van der Waals surface area contributed by atoms with Crippen molar-refractivity contribution in [2.24, 2.45) is 5.73 Å². The highest BCUT2D eigenvalue weighted by Gasteiger charge is 2.12. The van der Waals surface area contributed by atoms with Gasteiger partial charge in [0, 0.05) is 18.4 Å². The van der Waals surface area contributed by atoms with E-state index in [9.17, 15) is 8.42 Å². The fraction of sp³-hybridized carbons (Fsp3) is 0.133. The molecular weight excluding hydrogens is 288 g/mol. The number of hydrogen-bond acceptors (Lipinski definition) is 5. The molecule has 3 aromatic rings. The number of nitrogens with zero attached hydrogens (tertiary/aromatic N) is 1. The summed E-state index contributed by atoms with van der Waals surface area (Å²) in [5.74, 6) is 0.458. The average Bonchev–Trinajstić information content (AvgIpc) is 2.89. The highest BCUT2D eigenvalue weighted by Crippen LogP contribution is 2.26. The van der Waals surface area contributed by atoms with Gasteiger partial charge >= 0.3 is 0 Å². The van der Waals surface area contributed by atoms with Crippen molar-refractivity contribution in [3.05, 3.63) is 48.0 Å². The predicted octanol–water partition coefficient (Wildman–Crippen LogP) is 2.36. The Balaban J connectivity index is 2.08. The molecule has 0 saturated carbocycles. The molecule has 2 aromatic carbocycles. The summed E-state index contributed by atoms with van der Waals surface area (Å²) in [7, 11) is -3.25. The Morgan fingerprint density at radius 3 is 2.48 bits per heavy atom. The Hall–Kier alpha value is -2.18. The third-order valence-electron chi connectivity index (χ3n) is 3.22. The second kappa shape index (κ2) is 4.98. The molecule has 0 unspecified atom stereocenters. The molecule has 0 bridgehead atoms. The van der Waals surface area contributed by atoms with Crippen molar-refractivity contribution >= 4 is 20.9 Å². The van der Waals surface area contributed by atoms with Crippen LogP contribution in [0.2, 0.25) is 0 Å². The zero-order valence-corrected chi connectivity index (χ0v) is 12.2. The highest BCUT2D eigenvalue weighted by molar-refractivity contribution is 7.90. The van der Waals surface area contributed by atoms with Crippen molar-refractivity contribution in [3.63, 3.8) is 0 Å². The van der Waals surface area contributed by atoms with Crippen LogP contribution < -0.4 is 5.73 Å². The van der Waals surface area contributed by atoms with Crippen LogP contribution in [0.5, 0.6) is 0 Å². The van der Waals surface area contributed by atoms with Crippen LogP contribution in [0.4, 0.5) is 0 Å². The van der Waals surface area contributed by atoms with Gasteiger partial charge in [0.2, 0.25) is 5.89 Å². The first-order chi connectivity index (χ1) is 9.97. The molecule has 1 aromatic heterocycles. The summed E-state index contributed by atoms with van der Waals surface area (Å²) < 4.78 is 28.8. The molecule has 0 spiro atoms. The van der Waals surface area contributed by atoms with Crippen LogP contribution >= 0.6 is 0 Å². The van der Waals surface area contributed by atoms with E-state index >= 15 is 0 Å². The number of hydrogen-bond donors (Lipinski definition) is 1. The summed E-state index contributed by atoms with van der Waals surface area (Å²) in [6.07, 6.45) is 1.17. The van der Waals surface area contributed by atoms with Gasteiger partial charge in [-0.3, -0.25) is 0 Å². The minimum atomic E-state index is -3.25. The number of fused-ring (bicyclic) bond motifs is 1. The van der Waals surface area contributed by atoms with Crippen LogP contribution in [-0.2, 0) is 16.4 Å². The van der Waals surface area contributed by atoms with Gasteiger partial charge in [0.1, 0.15) is 5.52 Å². The van der Waals surface area contributed by atoms with E-state index in [0.29, 0.717) is 23.5 Å².